The van der Waals surface area contributed by atoms with Gasteiger partial charge in [0.15, 0.2) is 0 Å². The Morgan fingerprint density at radius 2 is 2.20 bits per heavy atom. The lowest BCUT2D eigenvalue weighted by Crippen LogP contribution is -2.56. The van der Waals surface area contributed by atoms with Gasteiger partial charge in [0.1, 0.15) is 0 Å². The lowest BCUT2D eigenvalue weighted by atomic mass is 9.80. The van der Waals surface area contributed by atoms with Gasteiger partial charge in [0.2, 0.25) is 5.91 Å². The van der Waals surface area contributed by atoms with Crippen molar-refractivity contribution in [3.63, 3.8) is 0 Å². The van der Waals surface area contributed by atoms with Gasteiger partial charge in [0.25, 0.3) is 0 Å². The third kappa shape index (κ3) is 3.01. The number of nitrogens with zero attached hydrogens (tertiary/aromatic N) is 1. The van der Waals surface area contributed by atoms with Gasteiger partial charge in [-0.05, 0) is 70.6 Å². The van der Waals surface area contributed by atoms with Crippen LogP contribution in [0.2, 0.25) is 0 Å². The Balaban J connectivity index is 1.44. The lowest BCUT2D eigenvalue weighted by Gasteiger charge is -2.40. The summed E-state index contributed by atoms with van der Waals surface area (Å²) in [5.74, 6) is 0.730. The first-order valence-electron chi connectivity index (χ1n) is 9.58. The van der Waals surface area contributed by atoms with Crippen LogP contribution in [0.5, 0.6) is 0 Å². The zero-order valence-electron chi connectivity index (χ0n) is 15.6. The maximum Gasteiger partial charge on any atom is 0.223 e. The molecule has 25 heavy (non-hydrogen) atoms. The molecule has 0 bridgehead atoms. The highest BCUT2D eigenvalue weighted by atomic mass is 16.2. The first-order chi connectivity index (χ1) is 11.9. The second-order valence-electron chi connectivity index (χ2n) is 8.72. The van der Waals surface area contributed by atoms with Crippen LogP contribution in [0.3, 0.4) is 0 Å². The fraction of sp³-hybridized carbons (Fsp3) is 0.619. The van der Waals surface area contributed by atoms with Crippen LogP contribution in [0.15, 0.2) is 40.6 Å². The van der Waals surface area contributed by atoms with Crippen LogP contribution in [0.4, 0.5) is 0 Å². The second-order valence-corrected chi connectivity index (χ2v) is 8.72. The predicted molar refractivity (Wildman–Crippen MR) is 101 cm³/mol. The predicted octanol–water partition coefficient (Wildman–Crippen LogP) is 3.27. The van der Waals surface area contributed by atoms with E-state index < -0.39 is 5.54 Å². The van der Waals surface area contributed by atoms with Gasteiger partial charge >= 0.3 is 0 Å². The van der Waals surface area contributed by atoms with E-state index in [0.717, 1.165) is 37.9 Å². The third-order valence-electron chi connectivity index (χ3n) is 6.56. The number of hydrogen-bond acceptors (Lipinski definition) is 3. The van der Waals surface area contributed by atoms with Gasteiger partial charge in [-0.3, -0.25) is 9.79 Å². The molecule has 3 atom stereocenters. The van der Waals surface area contributed by atoms with Crippen LogP contribution < -0.4 is 10.6 Å². The highest BCUT2D eigenvalue weighted by Crippen LogP contribution is 2.41. The quantitative estimate of drug-likeness (QED) is 0.829. The van der Waals surface area contributed by atoms with Crippen molar-refractivity contribution in [2.75, 3.05) is 6.54 Å². The molecule has 0 aromatic heterocycles. The first kappa shape index (κ1) is 16.8. The van der Waals surface area contributed by atoms with Crippen molar-refractivity contribution in [2.24, 2.45) is 16.8 Å². The number of aliphatic imine (C=N–C) groups is 1. The Bertz CT molecular complexity index is 707. The molecule has 1 saturated heterocycles. The molecule has 4 rings (SSSR count). The van der Waals surface area contributed by atoms with Crippen molar-refractivity contribution in [1.29, 1.82) is 0 Å². The van der Waals surface area contributed by atoms with Crippen LogP contribution >= 0.6 is 0 Å². The zero-order chi connectivity index (χ0) is 17.7. The third-order valence-corrected chi connectivity index (χ3v) is 6.56. The lowest BCUT2D eigenvalue weighted by molar-refractivity contribution is -0.126. The van der Waals surface area contributed by atoms with Crippen molar-refractivity contribution < 1.29 is 4.79 Å². The van der Waals surface area contributed by atoms with Gasteiger partial charge in [0.05, 0.1) is 5.54 Å². The Hall–Kier alpha value is -1.68. The fourth-order valence-corrected chi connectivity index (χ4v) is 4.73. The summed E-state index contributed by atoms with van der Waals surface area (Å²) in [6.45, 7) is 7.42. The number of carbonyl (C=O) groups excluding carboxylic acids is 1. The molecule has 4 heteroatoms. The van der Waals surface area contributed by atoms with Gasteiger partial charge in [0, 0.05) is 29.3 Å². The van der Waals surface area contributed by atoms with Gasteiger partial charge in [-0.1, -0.05) is 18.2 Å². The van der Waals surface area contributed by atoms with E-state index in [-0.39, 0.29) is 17.4 Å². The minimum atomic E-state index is -0.398. The highest BCUT2D eigenvalue weighted by molar-refractivity contribution is 5.98. The normalized spacial score (nSPS) is 34.0. The Morgan fingerprint density at radius 3 is 2.88 bits per heavy atom. The Labute approximate surface area is 150 Å². The fourth-order valence-electron chi connectivity index (χ4n) is 4.73. The topological polar surface area (TPSA) is 53.5 Å². The summed E-state index contributed by atoms with van der Waals surface area (Å²) in [6, 6.07) is 0. The Kier molecular flexibility index (Phi) is 3.99. The van der Waals surface area contributed by atoms with Crippen molar-refractivity contribution >= 4 is 11.6 Å². The molecule has 4 aliphatic rings. The molecule has 2 N–H and O–H groups in total. The molecular formula is C21H29N3O. The van der Waals surface area contributed by atoms with Gasteiger partial charge in [-0.15, -0.1) is 0 Å². The molecule has 0 aromatic carbocycles. The molecule has 0 radical (unpaired) electrons. The smallest absolute Gasteiger partial charge is 0.223 e. The molecule has 2 aliphatic heterocycles. The number of amides is 1. The SMILES string of the molecule is CC1=CC=CC2CC(C(C)(C)NC(=O)C3CCC4(CCN4)C3)=NC=C12. The number of rotatable bonds is 3. The Morgan fingerprint density at radius 1 is 1.40 bits per heavy atom. The summed E-state index contributed by atoms with van der Waals surface area (Å²) < 4.78 is 0. The minimum absolute atomic E-state index is 0.141. The molecule has 0 aromatic rings. The first-order valence-corrected chi connectivity index (χ1v) is 9.58. The minimum Gasteiger partial charge on any atom is -0.346 e. The van der Waals surface area contributed by atoms with E-state index in [0.29, 0.717) is 5.92 Å². The van der Waals surface area contributed by atoms with Crippen LogP contribution in [-0.2, 0) is 4.79 Å². The van der Waals surface area contributed by atoms with Crippen molar-refractivity contribution in [3.05, 3.63) is 35.6 Å². The van der Waals surface area contributed by atoms with Crippen LogP contribution in [0.25, 0.3) is 0 Å². The van der Waals surface area contributed by atoms with E-state index in [2.05, 4.69) is 49.6 Å². The number of nitrogens with one attached hydrogen (secondary N) is 2. The molecule has 1 spiro atoms. The summed E-state index contributed by atoms with van der Waals surface area (Å²) in [5.41, 5.74) is 3.54. The summed E-state index contributed by atoms with van der Waals surface area (Å²) >= 11 is 0. The van der Waals surface area contributed by atoms with Gasteiger partial charge in [-0.25, -0.2) is 0 Å². The summed E-state index contributed by atoms with van der Waals surface area (Å²) in [4.78, 5) is 17.6. The standard InChI is InChI=1S/C21H29N3O/c1-14-5-4-6-15-11-18(22-13-17(14)15)20(2,3)24-19(25)16-7-8-21(12-16)9-10-23-21/h4-6,13,15-16,23H,7-12H2,1-3H3,(H,24,25). The molecule has 2 fully saturated rings. The highest BCUT2D eigenvalue weighted by Gasteiger charge is 2.46. The van der Waals surface area contributed by atoms with E-state index in [1.54, 1.807) is 0 Å². The molecule has 134 valence electrons. The van der Waals surface area contributed by atoms with E-state index >= 15 is 0 Å². The van der Waals surface area contributed by atoms with Crippen molar-refractivity contribution in [2.45, 2.75) is 64.0 Å². The van der Waals surface area contributed by atoms with E-state index in [9.17, 15) is 4.79 Å². The van der Waals surface area contributed by atoms with Gasteiger partial charge < -0.3 is 10.6 Å². The van der Waals surface area contributed by atoms with Crippen molar-refractivity contribution in [1.82, 2.24) is 10.6 Å². The van der Waals surface area contributed by atoms with Crippen LogP contribution in [-0.4, -0.2) is 29.2 Å². The molecule has 2 heterocycles. The van der Waals surface area contributed by atoms with E-state index in [4.69, 9.17) is 4.99 Å². The molecule has 1 amide bonds. The average molecular weight is 339 g/mol. The number of allylic oxidation sites excluding steroid dienone is 5. The molecule has 1 saturated carbocycles. The second kappa shape index (κ2) is 5.94. The van der Waals surface area contributed by atoms with Crippen LogP contribution in [0.1, 0.15) is 52.9 Å². The van der Waals surface area contributed by atoms with Gasteiger partial charge in [-0.2, -0.15) is 0 Å². The van der Waals surface area contributed by atoms with Crippen molar-refractivity contribution in [3.8, 4) is 0 Å². The maximum absolute atomic E-state index is 12.8. The zero-order valence-corrected chi connectivity index (χ0v) is 15.6. The largest absolute Gasteiger partial charge is 0.346 e. The molecule has 2 aliphatic carbocycles. The number of carbonyl (C=O) groups is 1. The van der Waals surface area contributed by atoms with E-state index in [1.807, 2.05) is 6.20 Å². The summed E-state index contributed by atoms with van der Waals surface area (Å²) in [7, 11) is 0. The van der Waals surface area contributed by atoms with E-state index in [1.165, 1.54) is 17.6 Å². The number of hydrogen-bond donors (Lipinski definition) is 2. The molecule has 3 unspecified atom stereocenters. The maximum atomic E-state index is 12.8. The van der Waals surface area contributed by atoms with Crippen LogP contribution in [0, 0.1) is 11.8 Å². The average Bonchev–Trinajstić information content (AvgIpc) is 3.00. The number of fused-ring (bicyclic) bond motifs is 1. The monoisotopic (exact) mass is 339 g/mol. The molecule has 4 nitrogen and oxygen atoms in total. The summed E-state index contributed by atoms with van der Waals surface area (Å²) in [6.07, 6.45) is 13.7. The molecular weight excluding hydrogens is 310 g/mol. The summed E-state index contributed by atoms with van der Waals surface area (Å²) in [5, 5.41) is 6.84.